The number of hydrogen-bond donors (Lipinski definition) is 1. The number of rotatable bonds is 8. The van der Waals surface area contributed by atoms with Crippen molar-refractivity contribution < 1.29 is 22.7 Å². The van der Waals surface area contributed by atoms with Gasteiger partial charge in [0.2, 0.25) is 15.9 Å². The molecule has 1 atom stereocenters. The van der Waals surface area contributed by atoms with Crippen molar-refractivity contribution in [1.29, 1.82) is 0 Å². The Morgan fingerprint density at radius 2 is 1.65 bits per heavy atom. The molecule has 0 aliphatic carbocycles. The Kier molecular flexibility index (Phi) is 7.89. The molecule has 1 amide bonds. The molecule has 9 heteroatoms. The first-order chi connectivity index (χ1) is 16.5. The van der Waals surface area contributed by atoms with E-state index in [-0.39, 0.29) is 10.8 Å². The Balaban J connectivity index is 1.63. The Morgan fingerprint density at radius 1 is 1.00 bits per heavy atom. The van der Waals surface area contributed by atoms with Crippen LogP contribution in [-0.4, -0.2) is 52.0 Å². The summed E-state index contributed by atoms with van der Waals surface area (Å²) >= 11 is 1.42. The number of thioether (sulfide) groups is 1. The summed E-state index contributed by atoms with van der Waals surface area (Å²) in [5.41, 5.74) is 1.14. The Morgan fingerprint density at radius 3 is 2.29 bits per heavy atom. The van der Waals surface area contributed by atoms with Crippen LogP contribution in [0.25, 0.3) is 0 Å². The molecule has 1 heterocycles. The lowest BCUT2D eigenvalue weighted by atomic mass is 10.1. The van der Waals surface area contributed by atoms with E-state index in [0.29, 0.717) is 37.7 Å². The number of nitrogens with zero attached hydrogens (tertiary/aromatic N) is 1. The first kappa shape index (κ1) is 24.3. The molecule has 1 saturated heterocycles. The number of sulfonamides is 1. The fourth-order valence-corrected chi connectivity index (χ4v) is 6.10. The van der Waals surface area contributed by atoms with Gasteiger partial charge in [0.1, 0.15) is 11.0 Å². The maximum absolute atomic E-state index is 13.5. The summed E-state index contributed by atoms with van der Waals surface area (Å²) in [6.07, 6.45) is 0. The number of ether oxygens (including phenoxy) is 2. The maximum atomic E-state index is 13.5. The van der Waals surface area contributed by atoms with Crippen molar-refractivity contribution in [3.63, 3.8) is 0 Å². The highest BCUT2D eigenvalue weighted by atomic mass is 32.2. The summed E-state index contributed by atoms with van der Waals surface area (Å²) in [4.78, 5) is 14.5. The van der Waals surface area contributed by atoms with Crippen LogP contribution in [-0.2, 0) is 19.6 Å². The minimum Gasteiger partial charge on any atom is -0.495 e. The Hall–Kier alpha value is -2.85. The van der Waals surface area contributed by atoms with Crippen LogP contribution in [0.2, 0.25) is 0 Å². The molecule has 0 spiro atoms. The zero-order chi connectivity index (χ0) is 24.0. The van der Waals surface area contributed by atoms with Crippen LogP contribution >= 0.6 is 11.8 Å². The summed E-state index contributed by atoms with van der Waals surface area (Å²) in [5.74, 6) is 0.102. The first-order valence-electron chi connectivity index (χ1n) is 10.8. The second-order valence-corrected chi connectivity index (χ2v) is 10.7. The largest absolute Gasteiger partial charge is 0.495 e. The predicted octanol–water partition coefficient (Wildman–Crippen LogP) is 4.19. The van der Waals surface area contributed by atoms with Gasteiger partial charge >= 0.3 is 0 Å². The van der Waals surface area contributed by atoms with Gasteiger partial charge in [-0.1, -0.05) is 48.5 Å². The highest BCUT2D eigenvalue weighted by molar-refractivity contribution is 8.00. The average molecular weight is 499 g/mol. The lowest BCUT2D eigenvalue weighted by Crippen LogP contribution is -2.40. The fraction of sp³-hybridized carbons (Fsp3) is 0.240. The number of anilines is 1. The summed E-state index contributed by atoms with van der Waals surface area (Å²) < 4.78 is 38.3. The van der Waals surface area contributed by atoms with E-state index in [1.807, 2.05) is 60.7 Å². The minimum atomic E-state index is -3.72. The van der Waals surface area contributed by atoms with E-state index in [1.165, 1.54) is 35.3 Å². The number of carbonyl (C=O) groups is 1. The number of carbonyl (C=O) groups excluding carboxylic acids is 1. The third-order valence-electron chi connectivity index (χ3n) is 5.37. The zero-order valence-corrected chi connectivity index (χ0v) is 20.3. The third-order valence-corrected chi connectivity index (χ3v) is 8.54. The Bertz CT molecular complexity index is 1210. The SMILES string of the molecule is COc1ccc(S(=O)(=O)N2CCOCC2)cc1NC(=O)C(Sc1ccccc1)c1ccccc1. The molecule has 0 bridgehead atoms. The molecule has 178 valence electrons. The van der Waals surface area contributed by atoms with Crippen LogP contribution < -0.4 is 10.1 Å². The summed E-state index contributed by atoms with van der Waals surface area (Å²) in [6.45, 7) is 1.29. The summed E-state index contributed by atoms with van der Waals surface area (Å²) in [5, 5.41) is 2.35. The molecule has 7 nitrogen and oxygen atoms in total. The van der Waals surface area contributed by atoms with Gasteiger partial charge in [0.25, 0.3) is 0 Å². The average Bonchev–Trinajstić information content (AvgIpc) is 2.88. The molecular formula is C25H26N2O5S2. The van der Waals surface area contributed by atoms with Crippen LogP contribution in [0.4, 0.5) is 5.69 Å². The topological polar surface area (TPSA) is 84.9 Å². The standard InChI is InChI=1S/C25H26N2O5S2/c1-31-23-13-12-21(34(29,30)27-14-16-32-17-15-27)18-22(23)26-25(28)24(19-8-4-2-5-9-19)33-20-10-6-3-7-11-20/h2-13,18,24H,14-17H2,1H3,(H,26,28). The van der Waals surface area contributed by atoms with Crippen molar-refractivity contribution in [2.75, 3.05) is 38.7 Å². The number of morpholine rings is 1. The molecule has 4 rings (SSSR count). The van der Waals surface area contributed by atoms with Crippen molar-refractivity contribution >= 4 is 33.4 Å². The van der Waals surface area contributed by atoms with Gasteiger partial charge in [-0.25, -0.2) is 8.42 Å². The molecule has 1 fully saturated rings. The van der Waals surface area contributed by atoms with Gasteiger partial charge in [-0.3, -0.25) is 4.79 Å². The van der Waals surface area contributed by atoms with Crippen LogP contribution in [0.15, 0.2) is 88.7 Å². The Labute approximate surface area is 204 Å². The maximum Gasteiger partial charge on any atom is 0.243 e. The van der Waals surface area contributed by atoms with E-state index in [2.05, 4.69) is 5.32 Å². The van der Waals surface area contributed by atoms with Gasteiger partial charge in [-0.15, -0.1) is 11.8 Å². The van der Waals surface area contributed by atoms with Crippen molar-refractivity contribution in [1.82, 2.24) is 4.31 Å². The highest BCUT2D eigenvalue weighted by Gasteiger charge is 2.28. The van der Waals surface area contributed by atoms with E-state index in [4.69, 9.17) is 9.47 Å². The number of benzene rings is 3. The van der Waals surface area contributed by atoms with Gasteiger partial charge in [-0.05, 0) is 35.9 Å². The third kappa shape index (κ3) is 5.61. The molecule has 0 radical (unpaired) electrons. The predicted molar refractivity (Wildman–Crippen MR) is 133 cm³/mol. The zero-order valence-electron chi connectivity index (χ0n) is 18.7. The molecular weight excluding hydrogens is 472 g/mol. The van der Waals surface area contributed by atoms with E-state index >= 15 is 0 Å². The van der Waals surface area contributed by atoms with Gasteiger partial charge in [0, 0.05) is 18.0 Å². The van der Waals surface area contributed by atoms with Gasteiger partial charge in [0.15, 0.2) is 0 Å². The quantitative estimate of drug-likeness (QED) is 0.469. The minimum absolute atomic E-state index is 0.0949. The van der Waals surface area contributed by atoms with Gasteiger partial charge in [0.05, 0.1) is 30.9 Å². The normalized spacial score (nSPS) is 15.4. The lowest BCUT2D eigenvalue weighted by molar-refractivity contribution is -0.115. The van der Waals surface area contributed by atoms with Crippen LogP contribution in [0.5, 0.6) is 5.75 Å². The van der Waals surface area contributed by atoms with E-state index in [1.54, 1.807) is 6.07 Å². The number of nitrogens with one attached hydrogen (secondary N) is 1. The molecule has 1 N–H and O–H groups in total. The molecule has 0 aromatic heterocycles. The molecule has 34 heavy (non-hydrogen) atoms. The van der Waals surface area contributed by atoms with Crippen molar-refractivity contribution in [3.8, 4) is 5.75 Å². The summed E-state index contributed by atoms with van der Waals surface area (Å²) in [7, 11) is -2.24. The van der Waals surface area contributed by atoms with Gasteiger partial charge in [-0.2, -0.15) is 4.31 Å². The molecule has 1 aliphatic rings. The van der Waals surface area contributed by atoms with Crippen molar-refractivity contribution in [2.45, 2.75) is 15.0 Å². The van der Waals surface area contributed by atoms with E-state index in [9.17, 15) is 13.2 Å². The summed E-state index contributed by atoms with van der Waals surface area (Å²) in [6, 6.07) is 23.6. The lowest BCUT2D eigenvalue weighted by Gasteiger charge is -2.26. The number of hydrogen-bond acceptors (Lipinski definition) is 6. The van der Waals surface area contributed by atoms with Crippen LogP contribution in [0.1, 0.15) is 10.8 Å². The number of amides is 1. The molecule has 0 saturated carbocycles. The van der Waals surface area contributed by atoms with Crippen molar-refractivity contribution in [3.05, 3.63) is 84.4 Å². The van der Waals surface area contributed by atoms with Gasteiger partial charge < -0.3 is 14.8 Å². The second kappa shape index (κ2) is 11.1. The highest BCUT2D eigenvalue weighted by Crippen LogP contribution is 2.37. The molecule has 1 aliphatic heterocycles. The van der Waals surface area contributed by atoms with E-state index < -0.39 is 15.3 Å². The monoisotopic (exact) mass is 498 g/mol. The van der Waals surface area contributed by atoms with Crippen molar-refractivity contribution in [2.24, 2.45) is 0 Å². The van der Waals surface area contributed by atoms with Crippen LogP contribution in [0, 0.1) is 0 Å². The molecule has 1 unspecified atom stereocenters. The second-order valence-electron chi connectivity index (χ2n) is 7.59. The van der Waals surface area contributed by atoms with E-state index in [0.717, 1.165) is 10.5 Å². The fourth-order valence-electron chi connectivity index (χ4n) is 3.62. The molecule has 3 aromatic rings. The smallest absolute Gasteiger partial charge is 0.243 e. The number of methoxy groups -OCH3 is 1. The van der Waals surface area contributed by atoms with Crippen LogP contribution in [0.3, 0.4) is 0 Å². The molecule has 3 aromatic carbocycles. The first-order valence-corrected chi connectivity index (χ1v) is 13.1.